The van der Waals surface area contributed by atoms with Gasteiger partial charge >= 0.3 is 0 Å². The maximum atomic E-state index is 9.58. The SMILES string of the molecule is N#Cc1ccc(-c2ccc3c(c2)c2cc(-c4ccc(C#N)cc4)ccc2n3-c2ccc(-c3nc(-c4ccccc4)nc(-c4ccccc4)n3)cc2-c2cc(-c3ccccc3)nc(-c3ccccc3)n2)cc1. The zero-order valence-electron chi connectivity index (χ0n) is 38.0. The summed E-state index contributed by atoms with van der Waals surface area (Å²) in [6.45, 7) is 0. The van der Waals surface area contributed by atoms with Crippen LogP contribution in [0.1, 0.15) is 11.1 Å². The third-order valence-corrected chi connectivity index (χ3v) is 12.8. The van der Waals surface area contributed by atoms with Gasteiger partial charge in [0.15, 0.2) is 23.3 Å². The molecule has 0 aliphatic heterocycles. The highest BCUT2D eigenvalue weighted by atomic mass is 15.0. The highest BCUT2D eigenvalue weighted by Crippen LogP contribution is 2.42. The molecule has 0 fully saturated rings. The monoisotopic (exact) mass is 906 g/mol. The van der Waals surface area contributed by atoms with Gasteiger partial charge < -0.3 is 4.57 Å². The first-order valence-corrected chi connectivity index (χ1v) is 23.2. The Morgan fingerprint density at radius 1 is 0.296 bits per heavy atom. The van der Waals surface area contributed by atoms with E-state index < -0.39 is 0 Å². The normalized spacial score (nSPS) is 11.1. The van der Waals surface area contributed by atoms with Crippen LogP contribution in [0.2, 0.25) is 0 Å². The highest BCUT2D eigenvalue weighted by Gasteiger charge is 2.22. The molecule has 71 heavy (non-hydrogen) atoms. The van der Waals surface area contributed by atoms with Crippen LogP contribution in [0.3, 0.4) is 0 Å². The molecule has 330 valence electrons. The Labute approximate surface area is 409 Å². The highest BCUT2D eigenvalue weighted by molar-refractivity contribution is 6.12. The van der Waals surface area contributed by atoms with Crippen molar-refractivity contribution >= 4 is 21.8 Å². The van der Waals surface area contributed by atoms with E-state index in [1.54, 1.807) is 0 Å². The minimum atomic E-state index is 0.521. The molecule has 0 spiro atoms. The van der Waals surface area contributed by atoms with Crippen LogP contribution in [0.15, 0.2) is 231 Å². The van der Waals surface area contributed by atoms with Gasteiger partial charge in [-0.15, -0.1) is 0 Å². The fraction of sp³-hybridized carbons (Fsp3) is 0. The number of hydrogen-bond donors (Lipinski definition) is 0. The number of benzene rings is 9. The van der Waals surface area contributed by atoms with Gasteiger partial charge in [0.25, 0.3) is 0 Å². The van der Waals surface area contributed by atoms with Crippen molar-refractivity contribution in [1.82, 2.24) is 29.5 Å². The molecule has 0 radical (unpaired) electrons. The second-order valence-electron chi connectivity index (χ2n) is 17.1. The van der Waals surface area contributed by atoms with E-state index in [2.05, 4.69) is 89.5 Å². The minimum absolute atomic E-state index is 0.521. The van der Waals surface area contributed by atoms with Crippen LogP contribution in [-0.4, -0.2) is 29.5 Å². The number of nitriles is 2. The number of aromatic nitrogens is 6. The largest absolute Gasteiger partial charge is 0.309 e. The summed E-state index contributed by atoms with van der Waals surface area (Å²) in [5, 5.41) is 21.3. The van der Waals surface area contributed by atoms with Crippen LogP contribution in [0.25, 0.3) is 118 Å². The van der Waals surface area contributed by atoms with Crippen LogP contribution in [0.5, 0.6) is 0 Å². The number of rotatable bonds is 9. The molecule has 0 N–H and O–H groups in total. The van der Waals surface area contributed by atoms with Crippen LogP contribution in [0, 0.1) is 22.7 Å². The first kappa shape index (κ1) is 42.2. The number of fused-ring (bicyclic) bond motifs is 3. The van der Waals surface area contributed by atoms with Crippen molar-refractivity contribution in [3.63, 3.8) is 0 Å². The van der Waals surface area contributed by atoms with Crippen LogP contribution < -0.4 is 0 Å². The molecule has 0 aliphatic rings. The van der Waals surface area contributed by atoms with Crippen LogP contribution in [0.4, 0.5) is 0 Å². The Kier molecular flexibility index (Phi) is 10.8. The molecule has 3 heterocycles. The molecule has 9 aromatic carbocycles. The van der Waals surface area contributed by atoms with Crippen molar-refractivity contribution in [2.24, 2.45) is 0 Å². The molecular weight excluding hydrogens is 869 g/mol. The molecule has 12 rings (SSSR count). The summed E-state index contributed by atoms with van der Waals surface area (Å²) in [4.78, 5) is 25.9. The Morgan fingerprint density at radius 3 is 1.13 bits per heavy atom. The third kappa shape index (κ3) is 8.14. The van der Waals surface area contributed by atoms with E-state index in [9.17, 15) is 10.5 Å². The minimum Gasteiger partial charge on any atom is -0.309 e. The fourth-order valence-electron chi connectivity index (χ4n) is 9.19. The molecule has 0 atom stereocenters. The van der Waals surface area contributed by atoms with E-state index in [1.165, 1.54) is 0 Å². The van der Waals surface area contributed by atoms with E-state index in [0.717, 1.165) is 88.8 Å². The predicted molar refractivity (Wildman–Crippen MR) is 283 cm³/mol. The summed E-state index contributed by atoms with van der Waals surface area (Å²) in [5.41, 5.74) is 14.9. The maximum absolute atomic E-state index is 9.58. The second-order valence-corrected chi connectivity index (χ2v) is 17.1. The molecule has 3 aromatic heterocycles. The molecule has 0 unspecified atom stereocenters. The molecular formula is C63H38N8. The summed E-state index contributed by atoms with van der Waals surface area (Å²) in [7, 11) is 0. The Balaban J connectivity index is 1.14. The van der Waals surface area contributed by atoms with Gasteiger partial charge in [-0.25, -0.2) is 24.9 Å². The Hall–Kier alpha value is -10.2. The average molecular weight is 907 g/mol. The topological polar surface area (TPSA) is 117 Å². The zero-order valence-corrected chi connectivity index (χ0v) is 38.0. The lowest BCUT2D eigenvalue weighted by atomic mass is 9.99. The van der Waals surface area contributed by atoms with Gasteiger partial charge in [-0.1, -0.05) is 158 Å². The molecule has 0 saturated carbocycles. The van der Waals surface area contributed by atoms with Gasteiger partial charge in [0, 0.05) is 44.2 Å². The average Bonchev–Trinajstić information content (AvgIpc) is 3.78. The quantitative estimate of drug-likeness (QED) is 0.142. The van der Waals surface area contributed by atoms with Crippen LogP contribution in [-0.2, 0) is 0 Å². The first-order chi connectivity index (χ1) is 35.1. The van der Waals surface area contributed by atoms with Crippen LogP contribution >= 0.6 is 0 Å². The van der Waals surface area contributed by atoms with E-state index in [-0.39, 0.29) is 0 Å². The van der Waals surface area contributed by atoms with Gasteiger partial charge in [0.2, 0.25) is 0 Å². The lowest BCUT2D eigenvalue weighted by Gasteiger charge is -2.17. The van der Waals surface area contributed by atoms with Crippen molar-refractivity contribution < 1.29 is 0 Å². The molecule has 0 aliphatic carbocycles. The third-order valence-electron chi connectivity index (χ3n) is 12.8. The summed E-state index contributed by atoms with van der Waals surface area (Å²) in [6, 6.07) is 81.7. The van der Waals surface area contributed by atoms with Crippen molar-refractivity contribution in [3.8, 4) is 108 Å². The Morgan fingerprint density at radius 2 is 0.676 bits per heavy atom. The predicted octanol–water partition coefficient (Wildman–Crippen LogP) is 14.8. The lowest BCUT2D eigenvalue weighted by molar-refractivity contribution is 1.07. The van der Waals surface area contributed by atoms with Gasteiger partial charge in [-0.3, -0.25) is 0 Å². The number of hydrogen-bond acceptors (Lipinski definition) is 7. The maximum Gasteiger partial charge on any atom is 0.164 e. The lowest BCUT2D eigenvalue weighted by Crippen LogP contribution is -2.03. The number of nitrogens with zero attached hydrogens (tertiary/aromatic N) is 8. The summed E-state index contributed by atoms with van der Waals surface area (Å²) < 4.78 is 2.32. The van der Waals surface area contributed by atoms with Gasteiger partial charge in [-0.05, 0) is 95.1 Å². The molecule has 0 saturated heterocycles. The van der Waals surface area contributed by atoms with E-state index in [0.29, 0.717) is 40.1 Å². The van der Waals surface area contributed by atoms with Crippen molar-refractivity contribution in [2.75, 3.05) is 0 Å². The van der Waals surface area contributed by atoms with Gasteiger partial charge in [-0.2, -0.15) is 10.5 Å². The van der Waals surface area contributed by atoms with Crippen molar-refractivity contribution in [3.05, 3.63) is 242 Å². The standard InChI is InChI=1S/C63H38N8/c64-39-41-21-25-43(26-22-41)49-29-32-57-52(35-49)53-36-50(44-27-23-42(40-65)24-28-44)30-33-58(53)71(57)59-34-31-51(63-69-61(47-17-9-3-10-18-47)68-62(70-63)48-19-11-4-12-20-48)37-54(59)56-38-55(45-13-5-1-6-14-45)66-60(67-56)46-15-7-2-8-16-46/h1-38H. The van der Waals surface area contributed by atoms with E-state index in [4.69, 9.17) is 24.9 Å². The summed E-state index contributed by atoms with van der Waals surface area (Å²) in [5.74, 6) is 2.25. The molecule has 0 amide bonds. The fourth-order valence-corrected chi connectivity index (χ4v) is 9.19. The molecule has 12 aromatic rings. The summed E-state index contributed by atoms with van der Waals surface area (Å²) >= 11 is 0. The smallest absolute Gasteiger partial charge is 0.164 e. The zero-order chi connectivity index (χ0) is 47.7. The van der Waals surface area contributed by atoms with E-state index >= 15 is 0 Å². The van der Waals surface area contributed by atoms with Gasteiger partial charge in [0.05, 0.1) is 51.4 Å². The first-order valence-electron chi connectivity index (χ1n) is 23.2. The molecule has 8 nitrogen and oxygen atoms in total. The summed E-state index contributed by atoms with van der Waals surface area (Å²) in [6.07, 6.45) is 0. The van der Waals surface area contributed by atoms with Gasteiger partial charge in [0.1, 0.15) is 0 Å². The Bertz CT molecular complexity index is 3800. The van der Waals surface area contributed by atoms with Crippen molar-refractivity contribution in [2.45, 2.75) is 0 Å². The molecule has 0 bridgehead atoms. The van der Waals surface area contributed by atoms with Crippen molar-refractivity contribution in [1.29, 1.82) is 10.5 Å². The second kappa shape index (κ2) is 18.2. The molecule has 8 heteroatoms. The van der Waals surface area contributed by atoms with E-state index in [1.807, 2.05) is 158 Å².